The largest absolute Gasteiger partial charge is 0.305 e. The highest BCUT2D eigenvalue weighted by atomic mass is 15.0. The lowest BCUT2D eigenvalue weighted by molar-refractivity contribution is 0.439. The Kier molecular flexibility index (Phi) is 4.66. The highest BCUT2D eigenvalue weighted by molar-refractivity contribution is 6.13. The first kappa shape index (κ1) is 17.6. The molecule has 2 aromatic carbocycles. The molecule has 25 heavy (non-hydrogen) atoms. The second kappa shape index (κ2) is 6.61. The Balaban J connectivity index is 2.20. The summed E-state index contributed by atoms with van der Waals surface area (Å²) in [6, 6.07) is 12.9. The number of rotatable bonds is 4. The molecule has 2 heteroatoms. The Morgan fingerprint density at radius 2 is 1.80 bits per heavy atom. The van der Waals surface area contributed by atoms with Gasteiger partial charge < -0.3 is 10.3 Å². The summed E-state index contributed by atoms with van der Waals surface area (Å²) in [6.45, 7) is 7.32. The molecule has 3 rings (SSSR count). The third kappa shape index (κ3) is 3.45. The van der Waals surface area contributed by atoms with Crippen LogP contribution >= 0.6 is 0 Å². The second-order valence-corrected chi connectivity index (χ2v) is 8.22. The van der Waals surface area contributed by atoms with Gasteiger partial charge in [0.05, 0.1) is 0 Å². The topological polar surface area (TPSA) is 27.1 Å². The van der Waals surface area contributed by atoms with Gasteiger partial charge >= 0.3 is 0 Å². The molecule has 0 heterocycles. The molecule has 0 radical (unpaired) electrons. The molecule has 1 aliphatic rings. The maximum absolute atomic E-state index is 8.92. The van der Waals surface area contributed by atoms with Gasteiger partial charge in [-0.1, -0.05) is 75.4 Å². The summed E-state index contributed by atoms with van der Waals surface area (Å²) < 4.78 is 0. The highest BCUT2D eigenvalue weighted by Crippen LogP contribution is 2.38. The second-order valence-electron chi connectivity index (χ2n) is 8.22. The van der Waals surface area contributed by atoms with Crippen LogP contribution in [0.1, 0.15) is 37.8 Å². The van der Waals surface area contributed by atoms with Crippen LogP contribution in [0.2, 0.25) is 0 Å². The van der Waals surface area contributed by atoms with Crippen molar-refractivity contribution in [1.29, 1.82) is 5.41 Å². The average molecular weight is 332 g/mol. The monoisotopic (exact) mass is 332 g/mol. The lowest BCUT2D eigenvalue weighted by Gasteiger charge is -2.27. The van der Waals surface area contributed by atoms with E-state index in [1.165, 1.54) is 21.9 Å². The minimum absolute atomic E-state index is 0.188. The van der Waals surface area contributed by atoms with Gasteiger partial charge in [0.25, 0.3) is 0 Å². The molecule has 1 N–H and O–H groups in total. The molecular formula is C23H28N2. The number of allylic oxidation sites excluding steroid dienone is 3. The fourth-order valence-electron chi connectivity index (χ4n) is 3.54. The molecule has 130 valence electrons. The molecule has 1 unspecified atom stereocenters. The van der Waals surface area contributed by atoms with E-state index in [0.717, 1.165) is 12.1 Å². The van der Waals surface area contributed by atoms with Gasteiger partial charge in [0.1, 0.15) is 0 Å². The standard InChI is InChI=1S/C23H28N2/c1-23(2,3)22(24)21-19-11-7-6-9-16(19)13-14-20(21)18-12-8-10-17(18)15-25(4)5/h6-14,18,24H,15H2,1-5H3. The van der Waals surface area contributed by atoms with Crippen LogP contribution < -0.4 is 0 Å². The quantitative estimate of drug-likeness (QED) is 0.746. The molecule has 2 nitrogen and oxygen atoms in total. The summed E-state index contributed by atoms with van der Waals surface area (Å²) in [4.78, 5) is 2.21. The molecule has 0 saturated carbocycles. The van der Waals surface area contributed by atoms with Crippen molar-refractivity contribution in [3.05, 3.63) is 71.3 Å². The van der Waals surface area contributed by atoms with E-state index >= 15 is 0 Å². The molecule has 0 saturated heterocycles. The number of benzene rings is 2. The van der Waals surface area contributed by atoms with Gasteiger partial charge in [-0.25, -0.2) is 0 Å². The Morgan fingerprint density at radius 3 is 2.48 bits per heavy atom. The van der Waals surface area contributed by atoms with Crippen LogP contribution in [0.5, 0.6) is 0 Å². The zero-order valence-corrected chi connectivity index (χ0v) is 15.9. The van der Waals surface area contributed by atoms with Gasteiger partial charge in [-0.05, 0) is 36.0 Å². The van der Waals surface area contributed by atoms with Crippen molar-refractivity contribution < 1.29 is 0 Å². The van der Waals surface area contributed by atoms with Crippen molar-refractivity contribution in [2.24, 2.45) is 5.41 Å². The summed E-state index contributed by atoms with van der Waals surface area (Å²) in [6.07, 6.45) is 6.65. The predicted octanol–water partition coefficient (Wildman–Crippen LogP) is 5.40. The lowest BCUT2D eigenvalue weighted by atomic mass is 9.78. The van der Waals surface area contributed by atoms with Gasteiger partial charge in [0.15, 0.2) is 0 Å². The van der Waals surface area contributed by atoms with Crippen molar-refractivity contribution in [2.75, 3.05) is 20.6 Å². The summed E-state index contributed by atoms with van der Waals surface area (Å²) in [7, 11) is 4.21. The van der Waals surface area contributed by atoms with Gasteiger partial charge in [-0.2, -0.15) is 0 Å². The molecule has 0 amide bonds. The van der Waals surface area contributed by atoms with Crippen LogP contribution in [0.25, 0.3) is 10.8 Å². The molecule has 0 aliphatic heterocycles. The number of nitrogens with zero attached hydrogens (tertiary/aromatic N) is 1. The maximum atomic E-state index is 8.92. The minimum atomic E-state index is -0.188. The van der Waals surface area contributed by atoms with Crippen molar-refractivity contribution in [2.45, 2.75) is 26.7 Å². The first-order chi connectivity index (χ1) is 11.8. The maximum Gasteiger partial charge on any atom is 0.0448 e. The predicted molar refractivity (Wildman–Crippen MR) is 109 cm³/mol. The Morgan fingerprint density at radius 1 is 1.08 bits per heavy atom. The molecule has 0 aromatic heterocycles. The molecule has 1 atom stereocenters. The third-order valence-corrected chi connectivity index (χ3v) is 4.81. The third-order valence-electron chi connectivity index (χ3n) is 4.81. The van der Waals surface area contributed by atoms with Gasteiger partial charge in [0, 0.05) is 29.2 Å². The Bertz CT molecular complexity index is 863. The van der Waals surface area contributed by atoms with Crippen LogP contribution in [0, 0.1) is 10.8 Å². The number of nitrogens with one attached hydrogen (secondary N) is 1. The van der Waals surface area contributed by atoms with Gasteiger partial charge in [-0.15, -0.1) is 0 Å². The van der Waals surface area contributed by atoms with Crippen molar-refractivity contribution in [3.63, 3.8) is 0 Å². The van der Waals surface area contributed by atoms with E-state index in [0.29, 0.717) is 5.71 Å². The van der Waals surface area contributed by atoms with E-state index in [2.05, 4.69) is 94.4 Å². The molecule has 2 aromatic rings. The van der Waals surface area contributed by atoms with Gasteiger partial charge in [-0.3, -0.25) is 0 Å². The van der Waals surface area contributed by atoms with Crippen molar-refractivity contribution in [3.8, 4) is 0 Å². The summed E-state index contributed by atoms with van der Waals surface area (Å²) in [5.74, 6) is 0.254. The fourth-order valence-corrected chi connectivity index (χ4v) is 3.54. The smallest absolute Gasteiger partial charge is 0.0448 e. The average Bonchev–Trinajstić information content (AvgIpc) is 2.99. The minimum Gasteiger partial charge on any atom is -0.305 e. The van der Waals surface area contributed by atoms with Gasteiger partial charge in [0.2, 0.25) is 0 Å². The first-order valence-corrected chi connectivity index (χ1v) is 8.92. The molecule has 1 aliphatic carbocycles. The van der Waals surface area contributed by atoms with E-state index < -0.39 is 0 Å². The number of likely N-dealkylation sites (N-methyl/N-ethyl adjacent to an activating group) is 1. The van der Waals surface area contributed by atoms with Crippen LogP contribution in [0.15, 0.2) is 60.2 Å². The van der Waals surface area contributed by atoms with Crippen molar-refractivity contribution >= 4 is 16.5 Å². The number of hydrogen-bond donors (Lipinski definition) is 1. The molecule has 0 spiro atoms. The van der Waals surface area contributed by atoms with E-state index in [9.17, 15) is 0 Å². The van der Waals surface area contributed by atoms with E-state index in [1.54, 1.807) is 0 Å². The Hall–Kier alpha value is -2.19. The Labute approximate surface area is 151 Å². The zero-order valence-electron chi connectivity index (χ0n) is 15.9. The highest BCUT2D eigenvalue weighted by Gasteiger charge is 2.27. The van der Waals surface area contributed by atoms with Crippen LogP contribution in [-0.4, -0.2) is 31.3 Å². The normalized spacial score (nSPS) is 17.4. The SMILES string of the molecule is CN(C)CC1=CC=CC1c1ccc2ccccc2c1C(=N)C(C)(C)C. The lowest BCUT2D eigenvalue weighted by Crippen LogP contribution is -2.24. The first-order valence-electron chi connectivity index (χ1n) is 8.92. The summed E-state index contributed by atoms with van der Waals surface area (Å²) >= 11 is 0. The molecule has 0 fully saturated rings. The van der Waals surface area contributed by atoms with Crippen LogP contribution in [-0.2, 0) is 0 Å². The summed E-state index contributed by atoms with van der Waals surface area (Å²) in [5, 5.41) is 11.3. The molecule has 0 bridgehead atoms. The van der Waals surface area contributed by atoms with Crippen molar-refractivity contribution in [1.82, 2.24) is 4.90 Å². The molecular weight excluding hydrogens is 304 g/mol. The van der Waals surface area contributed by atoms with Crippen LogP contribution in [0.3, 0.4) is 0 Å². The van der Waals surface area contributed by atoms with Crippen LogP contribution in [0.4, 0.5) is 0 Å². The van der Waals surface area contributed by atoms with E-state index in [4.69, 9.17) is 5.41 Å². The van der Waals surface area contributed by atoms with E-state index in [-0.39, 0.29) is 11.3 Å². The number of hydrogen-bond acceptors (Lipinski definition) is 2. The zero-order chi connectivity index (χ0) is 18.2. The summed E-state index contributed by atoms with van der Waals surface area (Å²) in [5.41, 5.74) is 4.27. The number of fused-ring (bicyclic) bond motifs is 1. The van der Waals surface area contributed by atoms with E-state index in [1.807, 2.05) is 0 Å². The fraction of sp³-hybridized carbons (Fsp3) is 0.348.